The molecule has 3 aromatic rings. The van der Waals surface area contributed by atoms with Gasteiger partial charge in [0.25, 0.3) is 0 Å². The van der Waals surface area contributed by atoms with E-state index >= 15 is 0 Å². The first-order valence-corrected chi connectivity index (χ1v) is 10.8. The number of piperidine rings is 1. The molecule has 1 aliphatic heterocycles. The third-order valence-corrected chi connectivity index (χ3v) is 7.21. The van der Waals surface area contributed by atoms with Gasteiger partial charge in [0.05, 0.1) is 10.6 Å². The Bertz CT molecular complexity index is 1000. The Morgan fingerprint density at radius 3 is 2.46 bits per heavy atom. The molecule has 1 aromatic heterocycles. The molecule has 28 heavy (non-hydrogen) atoms. The quantitative estimate of drug-likeness (QED) is 0.595. The van der Waals surface area contributed by atoms with Crippen molar-refractivity contribution in [3.05, 3.63) is 81.5 Å². The zero-order valence-corrected chi connectivity index (χ0v) is 17.0. The van der Waals surface area contributed by atoms with Gasteiger partial charge in [-0.2, -0.15) is 11.3 Å². The number of halogens is 1. The largest absolute Gasteiger partial charge is 0.508 e. The van der Waals surface area contributed by atoms with Crippen LogP contribution in [0.15, 0.2) is 70.3 Å². The van der Waals surface area contributed by atoms with Crippen molar-refractivity contribution < 1.29 is 14.7 Å². The second-order valence-corrected chi connectivity index (χ2v) is 8.86. The Balaban J connectivity index is 1.70. The van der Waals surface area contributed by atoms with Crippen molar-refractivity contribution in [1.29, 1.82) is 0 Å². The first-order chi connectivity index (χ1) is 13.5. The van der Waals surface area contributed by atoms with Crippen LogP contribution < -0.4 is 5.32 Å². The van der Waals surface area contributed by atoms with E-state index in [1.54, 1.807) is 36.4 Å². The number of carbonyl (C=O) groups excluding carboxylic acids is 2. The van der Waals surface area contributed by atoms with E-state index in [1.165, 1.54) is 23.1 Å². The summed E-state index contributed by atoms with van der Waals surface area (Å²) in [5, 5.41) is 16.2. The van der Waals surface area contributed by atoms with Gasteiger partial charge < -0.3 is 10.4 Å². The van der Waals surface area contributed by atoms with Gasteiger partial charge in [0, 0.05) is 11.3 Å². The molecule has 2 aromatic carbocycles. The van der Waals surface area contributed by atoms with Crippen LogP contribution in [0.1, 0.15) is 17.5 Å². The molecule has 0 radical (unpaired) electrons. The van der Waals surface area contributed by atoms with Gasteiger partial charge >= 0.3 is 0 Å². The van der Waals surface area contributed by atoms with E-state index in [9.17, 15) is 14.7 Å². The standard InChI is InChI=1S/C21H16ClNO3S2/c22-16-3-1-2-4-18(16)28-19-17(25)11-21(23-20(19)26,14-9-10-27-12-14)13-5-7-15(24)8-6-13/h1-10,12,19,24H,11H2,(H,23,26). The predicted molar refractivity (Wildman–Crippen MR) is 112 cm³/mol. The van der Waals surface area contributed by atoms with E-state index in [4.69, 9.17) is 11.6 Å². The number of Topliss-reactive ketones (excluding diaryl/α,β-unsaturated/α-hetero) is 1. The van der Waals surface area contributed by atoms with Gasteiger partial charge in [-0.25, -0.2) is 0 Å². The molecule has 2 N–H and O–H groups in total. The fourth-order valence-electron chi connectivity index (χ4n) is 3.38. The maximum Gasteiger partial charge on any atom is 0.242 e. The van der Waals surface area contributed by atoms with Gasteiger partial charge in [0.15, 0.2) is 5.78 Å². The van der Waals surface area contributed by atoms with Gasteiger partial charge in [-0.05, 0) is 52.2 Å². The number of hydrogen-bond donors (Lipinski definition) is 2. The molecule has 1 amide bonds. The third-order valence-electron chi connectivity index (χ3n) is 4.76. The van der Waals surface area contributed by atoms with Crippen molar-refractivity contribution in [1.82, 2.24) is 5.32 Å². The molecule has 4 nitrogen and oxygen atoms in total. The fraction of sp³-hybridized carbons (Fsp3) is 0.143. The van der Waals surface area contributed by atoms with Gasteiger partial charge in [0.1, 0.15) is 11.0 Å². The Labute approximate surface area is 175 Å². The molecular formula is C21H16ClNO3S2. The van der Waals surface area contributed by atoms with Crippen LogP contribution in [0.25, 0.3) is 0 Å². The summed E-state index contributed by atoms with van der Waals surface area (Å²) >= 11 is 8.88. The smallest absolute Gasteiger partial charge is 0.242 e. The summed E-state index contributed by atoms with van der Waals surface area (Å²) in [6.07, 6.45) is 0.127. The molecule has 0 saturated carbocycles. The minimum absolute atomic E-state index is 0.127. The number of aromatic hydroxyl groups is 1. The lowest BCUT2D eigenvalue weighted by atomic mass is 9.77. The van der Waals surface area contributed by atoms with Crippen molar-refractivity contribution in [2.75, 3.05) is 0 Å². The molecule has 1 saturated heterocycles. The number of nitrogens with one attached hydrogen (secondary N) is 1. The average Bonchev–Trinajstić information content (AvgIpc) is 3.22. The summed E-state index contributed by atoms with van der Waals surface area (Å²) in [4.78, 5) is 26.8. The number of thiophene rings is 1. The maximum atomic E-state index is 13.1. The van der Waals surface area contributed by atoms with Gasteiger partial charge in [0.2, 0.25) is 5.91 Å². The highest BCUT2D eigenvalue weighted by atomic mass is 35.5. The number of amides is 1. The molecule has 4 rings (SSSR count). The highest BCUT2D eigenvalue weighted by Crippen LogP contribution is 2.41. The summed E-state index contributed by atoms with van der Waals surface area (Å²) in [6, 6.07) is 15.7. The van der Waals surface area contributed by atoms with Gasteiger partial charge in [-0.1, -0.05) is 35.9 Å². The first kappa shape index (κ1) is 19.1. The number of ketones is 1. The van der Waals surface area contributed by atoms with Crippen LogP contribution in [0.4, 0.5) is 0 Å². The monoisotopic (exact) mass is 429 g/mol. The van der Waals surface area contributed by atoms with E-state index in [2.05, 4.69) is 5.32 Å². The number of thioether (sulfide) groups is 1. The van der Waals surface area contributed by atoms with Crippen molar-refractivity contribution >= 4 is 46.4 Å². The van der Waals surface area contributed by atoms with E-state index in [1.807, 2.05) is 29.0 Å². The zero-order chi connectivity index (χ0) is 19.7. The minimum atomic E-state index is -0.945. The molecule has 1 aliphatic rings. The van der Waals surface area contributed by atoms with Crippen molar-refractivity contribution in [3.8, 4) is 5.75 Å². The van der Waals surface area contributed by atoms with Crippen molar-refractivity contribution in [2.24, 2.45) is 0 Å². The lowest BCUT2D eigenvalue weighted by molar-refractivity contribution is -0.132. The zero-order valence-electron chi connectivity index (χ0n) is 14.6. The number of benzene rings is 2. The van der Waals surface area contributed by atoms with E-state index in [0.29, 0.717) is 9.92 Å². The van der Waals surface area contributed by atoms with E-state index in [0.717, 1.165) is 11.1 Å². The third kappa shape index (κ3) is 3.43. The fourth-order valence-corrected chi connectivity index (χ4v) is 5.35. The molecular weight excluding hydrogens is 414 g/mol. The number of phenolic OH excluding ortho intramolecular Hbond substituents is 1. The highest BCUT2D eigenvalue weighted by molar-refractivity contribution is 8.01. The van der Waals surface area contributed by atoms with E-state index < -0.39 is 10.8 Å². The number of phenols is 1. The SMILES string of the molecule is O=C1CC(c2ccc(O)cc2)(c2ccsc2)NC(=O)C1Sc1ccccc1Cl. The lowest BCUT2D eigenvalue weighted by Crippen LogP contribution is -2.57. The number of carbonyl (C=O) groups is 2. The van der Waals surface area contributed by atoms with E-state index in [-0.39, 0.29) is 23.9 Å². The molecule has 2 unspecified atom stereocenters. The van der Waals surface area contributed by atoms with Crippen LogP contribution in [0.3, 0.4) is 0 Å². The Morgan fingerprint density at radius 2 is 1.82 bits per heavy atom. The Morgan fingerprint density at radius 1 is 1.07 bits per heavy atom. The van der Waals surface area contributed by atoms with Crippen LogP contribution >= 0.6 is 34.7 Å². The topological polar surface area (TPSA) is 66.4 Å². The van der Waals surface area contributed by atoms with Crippen LogP contribution in [0.5, 0.6) is 5.75 Å². The Kier molecular flexibility index (Phi) is 5.19. The predicted octanol–water partition coefficient (Wildman–Crippen LogP) is 4.60. The van der Waals surface area contributed by atoms with Crippen LogP contribution in [-0.2, 0) is 15.1 Å². The van der Waals surface area contributed by atoms with Crippen LogP contribution in [0.2, 0.25) is 5.02 Å². The Hall–Kier alpha value is -2.28. The van der Waals surface area contributed by atoms with Crippen LogP contribution in [-0.4, -0.2) is 22.0 Å². The minimum Gasteiger partial charge on any atom is -0.508 e. The van der Waals surface area contributed by atoms with Gasteiger partial charge in [-0.3, -0.25) is 9.59 Å². The van der Waals surface area contributed by atoms with Crippen LogP contribution in [0, 0.1) is 0 Å². The maximum absolute atomic E-state index is 13.1. The first-order valence-electron chi connectivity index (χ1n) is 8.58. The second kappa shape index (κ2) is 7.62. The molecule has 0 bridgehead atoms. The molecule has 0 spiro atoms. The molecule has 2 heterocycles. The molecule has 7 heteroatoms. The normalized spacial score (nSPS) is 22.1. The summed E-state index contributed by atoms with van der Waals surface area (Å²) in [5.41, 5.74) is 0.664. The van der Waals surface area contributed by atoms with Crippen molar-refractivity contribution in [2.45, 2.75) is 22.1 Å². The molecule has 2 atom stereocenters. The number of hydrogen-bond acceptors (Lipinski definition) is 5. The number of rotatable bonds is 4. The highest BCUT2D eigenvalue weighted by Gasteiger charge is 2.47. The second-order valence-electron chi connectivity index (χ2n) is 6.52. The molecule has 0 aliphatic carbocycles. The average molecular weight is 430 g/mol. The lowest BCUT2D eigenvalue weighted by Gasteiger charge is -2.40. The summed E-state index contributed by atoms with van der Waals surface area (Å²) < 4.78 is 0. The summed E-state index contributed by atoms with van der Waals surface area (Å²) in [7, 11) is 0. The molecule has 1 fully saturated rings. The summed E-state index contributed by atoms with van der Waals surface area (Å²) in [6.45, 7) is 0. The summed E-state index contributed by atoms with van der Waals surface area (Å²) in [5.74, 6) is -0.377. The van der Waals surface area contributed by atoms with Gasteiger partial charge in [-0.15, -0.1) is 11.8 Å². The van der Waals surface area contributed by atoms with Crippen molar-refractivity contribution in [3.63, 3.8) is 0 Å². The molecule has 142 valence electrons.